The SMILES string of the molecule is C[C@@H](NC1CCC(NC(=O)c2cnc3cc(OC(F)F)c(F)cc3c2)CC1)C(F)F. The molecule has 164 valence electrons. The molecule has 1 aromatic carbocycles. The van der Waals surface area contributed by atoms with Gasteiger partial charge in [-0.05, 0) is 44.7 Å². The number of alkyl halides is 4. The van der Waals surface area contributed by atoms with Crippen molar-refractivity contribution in [3.63, 3.8) is 0 Å². The predicted octanol–water partition coefficient (Wildman–Crippen LogP) is 4.26. The van der Waals surface area contributed by atoms with Crippen LogP contribution in [0.4, 0.5) is 22.0 Å². The predicted molar refractivity (Wildman–Crippen MR) is 100 cm³/mol. The van der Waals surface area contributed by atoms with Crippen LogP contribution >= 0.6 is 0 Å². The van der Waals surface area contributed by atoms with Crippen LogP contribution in [0.15, 0.2) is 24.4 Å². The van der Waals surface area contributed by atoms with E-state index in [0.717, 1.165) is 12.1 Å². The Balaban J connectivity index is 1.60. The molecule has 0 radical (unpaired) electrons. The lowest BCUT2D eigenvalue weighted by Gasteiger charge is -2.31. The van der Waals surface area contributed by atoms with Crippen LogP contribution < -0.4 is 15.4 Å². The number of ether oxygens (including phenoxy) is 1. The highest BCUT2D eigenvalue weighted by Crippen LogP contribution is 2.26. The third-order valence-electron chi connectivity index (χ3n) is 5.15. The Hall–Kier alpha value is -2.49. The van der Waals surface area contributed by atoms with Gasteiger partial charge in [-0.3, -0.25) is 9.78 Å². The van der Waals surface area contributed by atoms with E-state index < -0.39 is 36.6 Å². The topological polar surface area (TPSA) is 63.2 Å². The molecule has 1 aromatic heterocycles. The first-order valence-corrected chi connectivity index (χ1v) is 9.62. The Kier molecular flexibility index (Phi) is 7.06. The van der Waals surface area contributed by atoms with Gasteiger partial charge in [-0.2, -0.15) is 8.78 Å². The lowest BCUT2D eigenvalue weighted by atomic mass is 9.90. The van der Waals surface area contributed by atoms with E-state index in [-0.39, 0.29) is 28.6 Å². The highest BCUT2D eigenvalue weighted by molar-refractivity contribution is 5.97. The third-order valence-corrected chi connectivity index (χ3v) is 5.15. The number of benzene rings is 1. The molecule has 1 amide bonds. The lowest BCUT2D eigenvalue weighted by molar-refractivity contribution is -0.0520. The number of nitrogens with one attached hydrogen (secondary N) is 2. The smallest absolute Gasteiger partial charge is 0.387 e. The summed E-state index contributed by atoms with van der Waals surface area (Å²) in [5, 5.41) is 6.05. The molecule has 2 aromatic rings. The Labute approximate surface area is 170 Å². The second kappa shape index (κ2) is 9.55. The zero-order valence-corrected chi connectivity index (χ0v) is 16.2. The minimum absolute atomic E-state index is 0.0166. The van der Waals surface area contributed by atoms with Crippen molar-refractivity contribution in [2.45, 2.75) is 63.8 Å². The van der Waals surface area contributed by atoms with Crippen LogP contribution in [0.2, 0.25) is 0 Å². The van der Waals surface area contributed by atoms with Gasteiger partial charge >= 0.3 is 6.61 Å². The fourth-order valence-corrected chi connectivity index (χ4v) is 3.56. The number of hydrogen-bond donors (Lipinski definition) is 2. The summed E-state index contributed by atoms with van der Waals surface area (Å²) in [7, 11) is 0. The van der Waals surface area contributed by atoms with Crippen LogP contribution in [0.25, 0.3) is 10.9 Å². The van der Waals surface area contributed by atoms with Crippen LogP contribution in [-0.4, -0.2) is 42.1 Å². The second-order valence-electron chi connectivity index (χ2n) is 7.39. The molecule has 1 atom stereocenters. The normalized spacial score (nSPS) is 20.5. The number of pyridine rings is 1. The minimum Gasteiger partial charge on any atom is -0.432 e. The average molecular weight is 431 g/mol. The number of fused-ring (bicyclic) bond motifs is 1. The van der Waals surface area contributed by atoms with Crippen molar-refractivity contribution in [3.05, 3.63) is 35.8 Å². The van der Waals surface area contributed by atoms with Crippen LogP contribution in [0.3, 0.4) is 0 Å². The van der Waals surface area contributed by atoms with Crippen LogP contribution in [0.5, 0.6) is 5.75 Å². The quantitative estimate of drug-likeness (QED) is 0.643. The van der Waals surface area contributed by atoms with E-state index >= 15 is 0 Å². The molecule has 10 heteroatoms. The van der Waals surface area contributed by atoms with Crippen LogP contribution in [-0.2, 0) is 0 Å². The summed E-state index contributed by atoms with van der Waals surface area (Å²) in [6.07, 6.45) is 1.46. The van der Waals surface area contributed by atoms with Crippen LogP contribution in [0, 0.1) is 5.82 Å². The molecule has 1 aliphatic rings. The third kappa shape index (κ3) is 5.56. The molecular weight excluding hydrogens is 409 g/mol. The molecule has 1 fully saturated rings. The molecule has 3 rings (SSSR count). The van der Waals surface area contributed by atoms with Crippen molar-refractivity contribution in [2.24, 2.45) is 0 Å². The first-order valence-electron chi connectivity index (χ1n) is 9.62. The van der Waals surface area contributed by atoms with E-state index in [1.807, 2.05) is 0 Å². The van der Waals surface area contributed by atoms with Gasteiger partial charge in [0, 0.05) is 29.7 Å². The van der Waals surface area contributed by atoms with Crippen LogP contribution in [0.1, 0.15) is 43.0 Å². The van der Waals surface area contributed by atoms with E-state index in [4.69, 9.17) is 0 Å². The fraction of sp³-hybridized carbons (Fsp3) is 0.500. The number of halogens is 5. The van der Waals surface area contributed by atoms with Crippen molar-refractivity contribution in [1.29, 1.82) is 0 Å². The van der Waals surface area contributed by atoms with Gasteiger partial charge in [0.2, 0.25) is 0 Å². The zero-order valence-electron chi connectivity index (χ0n) is 16.2. The molecule has 1 saturated carbocycles. The van der Waals surface area contributed by atoms with E-state index in [1.165, 1.54) is 19.2 Å². The number of aromatic nitrogens is 1. The largest absolute Gasteiger partial charge is 0.432 e. The number of nitrogens with zero attached hydrogens (tertiary/aromatic N) is 1. The highest BCUT2D eigenvalue weighted by atomic mass is 19.3. The summed E-state index contributed by atoms with van der Waals surface area (Å²) in [5.41, 5.74) is 0.416. The Morgan fingerprint density at radius 1 is 1.10 bits per heavy atom. The van der Waals surface area contributed by atoms with Gasteiger partial charge in [-0.1, -0.05) is 0 Å². The molecular formula is C20H22F5N3O2. The van der Waals surface area contributed by atoms with E-state index in [0.29, 0.717) is 25.7 Å². The maximum absolute atomic E-state index is 13.9. The molecule has 1 aliphatic carbocycles. The van der Waals surface area contributed by atoms with E-state index in [1.54, 1.807) is 0 Å². The Morgan fingerprint density at radius 2 is 1.77 bits per heavy atom. The summed E-state index contributed by atoms with van der Waals surface area (Å²) in [6.45, 7) is -1.72. The first kappa shape index (κ1) is 22.2. The number of hydrogen-bond acceptors (Lipinski definition) is 4. The monoisotopic (exact) mass is 431 g/mol. The summed E-state index contributed by atoms with van der Waals surface area (Å²) in [4.78, 5) is 16.6. The molecule has 5 nitrogen and oxygen atoms in total. The standard InChI is InChI=1S/C20H22F5N3O2/c1-10(18(22)23)27-13-2-4-14(5-3-13)28-19(29)12-6-11-7-15(21)17(30-20(24)25)8-16(11)26-9-12/h6-10,13-14,18,20,27H,2-5H2,1H3,(H,28,29)/t10-,13?,14?/m1/s1. The Bertz CT molecular complexity index is 888. The fourth-order valence-electron chi connectivity index (χ4n) is 3.56. The van der Waals surface area contributed by atoms with Gasteiger partial charge in [-0.15, -0.1) is 0 Å². The molecule has 0 unspecified atom stereocenters. The maximum atomic E-state index is 13.9. The van der Waals surface area contributed by atoms with Crippen molar-refractivity contribution in [3.8, 4) is 5.75 Å². The highest BCUT2D eigenvalue weighted by Gasteiger charge is 2.26. The maximum Gasteiger partial charge on any atom is 0.387 e. The van der Waals surface area contributed by atoms with E-state index in [9.17, 15) is 26.7 Å². The summed E-state index contributed by atoms with van der Waals surface area (Å²) in [5.74, 6) is -1.99. The van der Waals surface area contributed by atoms with Gasteiger partial charge < -0.3 is 15.4 Å². The molecule has 0 aliphatic heterocycles. The van der Waals surface area contributed by atoms with Gasteiger partial charge in [-0.25, -0.2) is 13.2 Å². The minimum atomic E-state index is -3.16. The van der Waals surface area contributed by atoms with Gasteiger partial charge in [0.25, 0.3) is 12.3 Å². The van der Waals surface area contributed by atoms with Crippen molar-refractivity contribution >= 4 is 16.8 Å². The number of amides is 1. The molecule has 0 bridgehead atoms. The van der Waals surface area contributed by atoms with Gasteiger partial charge in [0.15, 0.2) is 11.6 Å². The first-order chi connectivity index (χ1) is 14.2. The average Bonchev–Trinajstić information content (AvgIpc) is 2.69. The van der Waals surface area contributed by atoms with Crippen molar-refractivity contribution in [1.82, 2.24) is 15.6 Å². The molecule has 0 saturated heterocycles. The van der Waals surface area contributed by atoms with Gasteiger partial charge in [0.1, 0.15) is 0 Å². The van der Waals surface area contributed by atoms with Gasteiger partial charge in [0.05, 0.1) is 17.1 Å². The summed E-state index contributed by atoms with van der Waals surface area (Å²) < 4.78 is 67.9. The van der Waals surface area contributed by atoms with Crippen molar-refractivity contribution in [2.75, 3.05) is 0 Å². The molecule has 0 spiro atoms. The zero-order chi connectivity index (χ0) is 21.8. The number of rotatable bonds is 7. The Morgan fingerprint density at radius 3 is 2.40 bits per heavy atom. The molecule has 30 heavy (non-hydrogen) atoms. The van der Waals surface area contributed by atoms with Crippen molar-refractivity contribution < 1.29 is 31.5 Å². The number of carbonyl (C=O) groups is 1. The summed E-state index contributed by atoms with van der Waals surface area (Å²) >= 11 is 0. The molecule has 1 heterocycles. The lowest BCUT2D eigenvalue weighted by Crippen LogP contribution is -2.46. The van der Waals surface area contributed by atoms with E-state index in [2.05, 4.69) is 20.4 Å². The summed E-state index contributed by atoms with van der Waals surface area (Å²) in [6, 6.07) is 2.45. The number of carbonyl (C=O) groups excluding carboxylic acids is 1. The molecule has 2 N–H and O–H groups in total. The second-order valence-corrected chi connectivity index (χ2v) is 7.39.